The van der Waals surface area contributed by atoms with Gasteiger partial charge in [-0.1, -0.05) is 6.92 Å². The predicted octanol–water partition coefficient (Wildman–Crippen LogP) is 2.55. The van der Waals surface area contributed by atoms with E-state index in [2.05, 4.69) is 6.58 Å². The van der Waals surface area contributed by atoms with Gasteiger partial charge in [0.05, 0.1) is 0 Å². The molecule has 0 amide bonds. The summed E-state index contributed by atoms with van der Waals surface area (Å²) in [6.07, 6.45) is 0.721. The molecule has 91 valence electrons. The van der Waals surface area contributed by atoms with Crippen LogP contribution in [0.3, 0.4) is 0 Å². The molecule has 0 aliphatic heterocycles. The van der Waals surface area contributed by atoms with Gasteiger partial charge in [0.2, 0.25) is 5.76 Å². The van der Waals surface area contributed by atoms with Crippen molar-refractivity contribution in [2.75, 3.05) is 0 Å². The van der Waals surface area contributed by atoms with Crippen molar-refractivity contribution < 1.29 is 19.3 Å². The van der Waals surface area contributed by atoms with Gasteiger partial charge in [0.25, 0.3) is 0 Å². The molecule has 0 atom stereocenters. The fourth-order valence-electron chi connectivity index (χ4n) is 0.545. The second-order valence-corrected chi connectivity index (χ2v) is 4.60. The van der Waals surface area contributed by atoms with Crippen molar-refractivity contribution in [1.29, 1.82) is 0 Å². The molecule has 0 saturated carbocycles. The van der Waals surface area contributed by atoms with Crippen molar-refractivity contribution in [2.45, 2.75) is 52.2 Å². The summed E-state index contributed by atoms with van der Waals surface area (Å²) in [6, 6.07) is 0. The lowest BCUT2D eigenvalue weighted by Crippen LogP contribution is -2.28. The topological polar surface area (TPSA) is 44.8 Å². The average Bonchev–Trinajstić information content (AvgIpc) is 2.11. The van der Waals surface area contributed by atoms with Crippen LogP contribution in [-0.4, -0.2) is 17.2 Å². The van der Waals surface area contributed by atoms with Gasteiger partial charge in [0.1, 0.15) is 11.2 Å². The van der Waals surface area contributed by atoms with E-state index in [0.717, 1.165) is 6.42 Å². The summed E-state index contributed by atoms with van der Waals surface area (Å²) in [6.45, 7) is 19.2. The maximum Gasteiger partial charge on any atom is 0.377 e. The number of ether oxygens (including phenoxy) is 1. The molecule has 0 fully saturated rings. The summed E-state index contributed by atoms with van der Waals surface area (Å²) in [5.74, 6) is -1.06. The van der Waals surface area contributed by atoms with Crippen molar-refractivity contribution in [1.82, 2.24) is 0 Å². The van der Waals surface area contributed by atoms with Gasteiger partial charge in [-0.2, -0.15) is 4.89 Å². The average molecular weight is 227 g/mol. The molecule has 0 heterocycles. The van der Waals surface area contributed by atoms with Crippen LogP contribution < -0.4 is 0 Å². The number of hydrogen-bond acceptors (Lipinski definition) is 4. The molecule has 0 aromatic carbocycles. The van der Waals surface area contributed by atoms with Crippen molar-refractivity contribution in [3.8, 4) is 0 Å². The van der Waals surface area contributed by atoms with Gasteiger partial charge in [-0.05, 0) is 40.7 Å². The minimum Gasteiger partial charge on any atom is -0.453 e. The first-order valence-electron chi connectivity index (χ1n) is 5.10. The second kappa shape index (κ2) is 5.34. The van der Waals surface area contributed by atoms with Crippen LogP contribution >= 0.6 is 0 Å². The first kappa shape index (κ1) is 15.0. The van der Waals surface area contributed by atoms with Crippen LogP contribution in [0.5, 0.6) is 0 Å². The normalized spacial score (nSPS) is 12.1. The fraction of sp³-hybridized carbons (Fsp3) is 0.667. The monoisotopic (exact) mass is 227 g/mol. The number of rotatable bonds is 6. The summed E-state index contributed by atoms with van der Waals surface area (Å²) in [7, 11) is 0. The Kier molecular flexibility index (Phi) is 5.00. The van der Waals surface area contributed by atoms with E-state index in [9.17, 15) is 4.79 Å². The largest absolute Gasteiger partial charge is 0.453 e. The molecule has 3 radical (unpaired) electrons. The van der Waals surface area contributed by atoms with Crippen LogP contribution in [0.15, 0.2) is 12.3 Å². The predicted molar refractivity (Wildman–Crippen MR) is 59.1 cm³/mol. The summed E-state index contributed by atoms with van der Waals surface area (Å²) >= 11 is 0. The van der Waals surface area contributed by atoms with Crippen LogP contribution in [0.2, 0.25) is 0 Å². The zero-order chi connectivity index (χ0) is 13.0. The highest BCUT2D eigenvalue weighted by molar-refractivity contribution is 5.85. The molecule has 0 N–H and O–H groups in total. The smallest absolute Gasteiger partial charge is 0.377 e. The summed E-state index contributed by atoms with van der Waals surface area (Å²) < 4.78 is 4.72. The van der Waals surface area contributed by atoms with Gasteiger partial charge in [-0.15, -0.1) is 0 Å². The zero-order valence-corrected chi connectivity index (χ0v) is 10.5. The van der Waals surface area contributed by atoms with Crippen molar-refractivity contribution in [3.05, 3.63) is 19.3 Å². The third-order valence-electron chi connectivity index (χ3n) is 1.79. The first-order chi connectivity index (χ1) is 7.07. The molecule has 4 nitrogen and oxygen atoms in total. The van der Waals surface area contributed by atoms with Gasteiger partial charge in [-0.25, -0.2) is 4.79 Å². The van der Waals surface area contributed by atoms with Gasteiger partial charge in [-0.3, -0.25) is 0 Å². The fourth-order valence-corrected chi connectivity index (χ4v) is 0.545. The van der Waals surface area contributed by atoms with Gasteiger partial charge in [0.15, 0.2) is 0 Å². The SMILES string of the molecule is [C]C(C)(C)OC(=O)C(=C)OOC(C)(C)CC. The highest BCUT2D eigenvalue weighted by atomic mass is 17.2. The molecular formula is C12H19O4. The van der Waals surface area contributed by atoms with Gasteiger partial charge in [0, 0.05) is 6.92 Å². The molecule has 0 rings (SSSR count). The Morgan fingerprint density at radius 3 is 2.19 bits per heavy atom. The molecule has 0 saturated heterocycles. The third kappa shape index (κ3) is 6.45. The van der Waals surface area contributed by atoms with Crippen molar-refractivity contribution in [2.24, 2.45) is 0 Å². The minimum atomic E-state index is -1.32. The van der Waals surface area contributed by atoms with Gasteiger partial charge >= 0.3 is 5.97 Å². The Balaban J connectivity index is 4.13. The number of carbonyl (C=O) groups excluding carboxylic acids is 1. The zero-order valence-electron chi connectivity index (χ0n) is 10.5. The Bertz CT molecular complexity index is 261. The van der Waals surface area contributed by atoms with E-state index >= 15 is 0 Å². The van der Waals surface area contributed by atoms with Crippen LogP contribution in [-0.2, 0) is 19.3 Å². The second-order valence-electron chi connectivity index (χ2n) is 4.60. The number of hydrogen-bond donors (Lipinski definition) is 0. The molecule has 0 aliphatic rings. The quantitative estimate of drug-likeness (QED) is 0.230. The molecule has 0 unspecified atom stereocenters. The number of esters is 1. The lowest BCUT2D eigenvalue weighted by molar-refractivity contribution is -0.326. The first-order valence-corrected chi connectivity index (χ1v) is 5.10. The minimum absolute atomic E-state index is 0.262. The van der Waals surface area contributed by atoms with E-state index in [1.165, 1.54) is 13.8 Å². The van der Waals surface area contributed by atoms with Crippen LogP contribution in [0.25, 0.3) is 0 Å². The molecule has 0 aromatic rings. The van der Waals surface area contributed by atoms with E-state index in [1.807, 2.05) is 20.8 Å². The Morgan fingerprint density at radius 1 is 1.31 bits per heavy atom. The maximum atomic E-state index is 11.3. The lowest BCUT2D eigenvalue weighted by Gasteiger charge is -2.23. The summed E-state index contributed by atoms with van der Waals surface area (Å²) in [5, 5.41) is 0. The van der Waals surface area contributed by atoms with Gasteiger partial charge < -0.3 is 9.62 Å². The van der Waals surface area contributed by atoms with Crippen LogP contribution in [0.1, 0.15) is 41.0 Å². The van der Waals surface area contributed by atoms with E-state index in [4.69, 9.17) is 21.4 Å². The standard InChI is InChI=1S/C12H19O4/c1-8-12(6,7)16-15-9(2)10(13)14-11(3,4)5/h2,8H2,1,3-4,6-7H3. The highest BCUT2D eigenvalue weighted by Gasteiger charge is 2.24. The highest BCUT2D eigenvalue weighted by Crippen LogP contribution is 2.17. The van der Waals surface area contributed by atoms with E-state index in [-0.39, 0.29) is 5.76 Å². The van der Waals surface area contributed by atoms with E-state index in [1.54, 1.807) is 0 Å². The van der Waals surface area contributed by atoms with Crippen molar-refractivity contribution >= 4 is 5.97 Å². The van der Waals surface area contributed by atoms with E-state index in [0.29, 0.717) is 0 Å². The Hall–Kier alpha value is -1.03. The molecule has 0 spiro atoms. The Labute approximate surface area is 97.5 Å². The molecule has 4 heteroatoms. The van der Waals surface area contributed by atoms with E-state index < -0.39 is 17.2 Å². The molecular weight excluding hydrogens is 208 g/mol. The Morgan fingerprint density at radius 2 is 1.81 bits per heavy atom. The molecule has 0 aromatic heterocycles. The lowest BCUT2D eigenvalue weighted by atomic mass is 10.1. The molecule has 0 bridgehead atoms. The third-order valence-corrected chi connectivity index (χ3v) is 1.79. The number of carbonyl (C=O) groups is 1. The van der Waals surface area contributed by atoms with Crippen LogP contribution in [0.4, 0.5) is 0 Å². The maximum absolute atomic E-state index is 11.3. The molecule has 16 heavy (non-hydrogen) atoms. The van der Waals surface area contributed by atoms with Crippen LogP contribution in [0, 0.1) is 6.92 Å². The summed E-state index contributed by atoms with van der Waals surface area (Å²) in [4.78, 5) is 21.1. The molecule has 0 aliphatic carbocycles. The van der Waals surface area contributed by atoms with Crippen molar-refractivity contribution in [3.63, 3.8) is 0 Å². The summed E-state index contributed by atoms with van der Waals surface area (Å²) in [5.41, 5.74) is -1.82.